The van der Waals surface area contributed by atoms with Crippen LogP contribution in [0.2, 0.25) is 0 Å². The number of carbonyl (C=O) groups excluding carboxylic acids is 1. The van der Waals surface area contributed by atoms with E-state index in [-0.39, 0.29) is 5.91 Å². The van der Waals surface area contributed by atoms with Gasteiger partial charge in [0.2, 0.25) is 0 Å². The van der Waals surface area contributed by atoms with Crippen LogP contribution in [0, 0.1) is 11.3 Å². The summed E-state index contributed by atoms with van der Waals surface area (Å²) in [5.74, 6) is 1.61. The molecule has 9 heteroatoms. The van der Waals surface area contributed by atoms with Crippen molar-refractivity contribution < 1.29 is 4.79 Å². The van der Waals surface area contributed by atoms with Gasteiger partial charge in [0, 0.05) is 57.3 Å². The summed E-state index contributed by atoms with van der Waals surface area (Å²) in [7, 11) is 1.84. The number of fused-ring (bicyclic) bond motifs is 1. The van der Waals surface area contributed by atoms with E-state index in [9.17, 15) is 4.79 Å². The number of halogens is 1. The van der Waals surface area contributed by atoms with Gasteiger partial charge in [-0.3, -0.25) is 9.69 Å². The Morgan fingerprint density at radius 3 is 2.56 bits per heavy atom. The third kappa shape index (κ3) is 6.00. The van der Waals surface area contributed by atoms with Gasteiger partial charge in [-0.25, -0.2) is 14.4 Å². The molecule has 34 heavy (non-hydrogen) atoms. The summed E-state index contributed by atoms with van der Waals surface area (Å²) in [4.78, 5) is 26.5. The van der Waals surface area contributed by atoms with E-state index in [1.807, 2.05) is 36.2 Å². The summed E-state index contributed by atoms with van der Waals surface area (Å²) in [5.41, 5.74) is 2.08. The highest BCUT2D eigenvalue weighted by Crippen LogP contribution is 2.21. The lowest BCUT2D eigenvalue weighted by Gasteiger charge is -2.34. The number of piperazine rings is 1. The topological polar surface area (TPSA) is 88.4 Å². The first kappa shape index (κ1) is 23.9. The normalized spacial score (nSPS) is 14.4. The van der Waals surface area contributed by atoms with Gasteiger partial charge in [-0.05, 0) is 54.6 Å². The van der Waals surface area contributed by atoms with Gasteiger partial charge >= 0.3 is 0 Å². The average molecular weight is 478 g/mol. The van der Waals surface area contributed by atoms with Crippen LogP contribution in [-0.2, 0) is 6.54 Å². The number of amides is 1. The molecule has 0 radical (unpaired) electrons. The number of nitrogens with zero attached hydrogens (tertiary/aromatic N) is 6. The van der Waals surface area contributed by atoms with Crippen molar-refractivity contribution in [3.8, 4) is 6.07 Å². The van der Waals surface area contributed by atoms with Crippen molar-refractivity contribution in [3.63, 3.8) is 0 Å². The van der Waals surface area contributed by atoms with E-state index in [0.717, 1.165) is 55.1 Å². The molecule has 3 aromatic rings. The zero-order chi connectivity index (χ0) is 23.9. The summed E-state index contributed by atoms with van der Waals surface area (Å²) < 4.78 is 1.65. The molecule has 1 amide bonds. The van der Waals surface area contributed by atoms with Crippen LogP contribution in [0.5, 0.6) is 0 Å². The van der Waals surface area contributed by atoms with Crippen molar-refractivity contribution in [3.05, 3.63) is 65.5 Å². The van der Waals surface area contributed by atoms with Gasteiger partial charge in [0.1, 0.15) is 11.6 Å². The van der Waals surface area contributed by atoms with Gasteiger partial charge in [0.15, 0.2) is 0 Å². The van der Waals surface area contributed by atoms with Gasteiger partial charge in [0.05, 0.1) is 23.7 Å². The fourth-order valence-corrected chi connectivity index (χ4v) is 4.13. The standard InChI is InChI=1S/C25H28ClN7O/c1-31(26)12-4-11-28-24-21-5-2-3-6-22(21)29-23(30-24)18-32-13-15-33(16-14-32)25(34)20-9-7-19(17-27)8-10-20/h2-3,5-10H,4,11-16,18H2,1H3,(H,28,29,30). The molecule has 1 aliphatic rings. The Kier molecular flexibility index (Phi) is 7.91. The Hall–Kier alpha value is -3.25. The van der Waals surface area contributed by atoms with E-state index in [1.165, 1.54) is 0 Å². The van der Waals surface area contributed by atoms with Crippen molar-refractivity contribution in [2.45, 2.75) is 13.0 Å². The first-order valence-electron chi connectivity index (χ1n) is 11.4. The highest BCUT2D eigenvalue weighted by atomic mass is 35.5. The molecule has 1 saturated heterocycles. The summed E-state index contributed by atoms with van der Waals surface area (Å²) in [6.07, 6.45) is 0.906. The smallest absolute Gasteiger partial charge is 0.253 e. The number of benzene rings is 2. The molecule has 1 aromatic heterocycles. The van der Waals surface area contributed by atoms with Crippen molar-refractivity contribution >= 4 is 34.4 Å². The largest absolute Gasteiger partial charge is 0.369 e. The minimum absolute atomic E-state index is 0.000159. The maximum absolute atomic E-state index is 12.8. The number of aromatic nitrogens is 2. The van der Waals surface area contributed by atoms with E-state index in [0.29, 0.717) is 30.8 Å². The predicted molar refractivity (Wildman–Crippen MR) is 133 cm³/mol. The lowest BCUT2D eigenvalue weighted by molar-refractivity contribution is 0.0625. The van der Waals surface area contributed by atoms with E-state index < -0.39 is 0 Å². The van der Waals surface area contributed by atoms with Gasteiger partial charge in [0.25, 0.3) is 5.91 Å². The minimum atomic E-state index is 0.000159. The molecule has 0 spiro atoms. The minimum Gasteiger partial charge on any atom is -0.369 e. The lowest BCUT2D eigenvalue weighted by atomic mass is 10.1. The average Bonchev–Trinajstić information content (AvgIpc) is 2.86. The molecule has 0 bridgehead atoms. The number of carbonyl (C=O) groups is 1. The zero-order valence-corrected chi connectivity index (χ0v) is 20.0. The summed E-state index contributed by atoms with van der Waals surface area (Å²) in [5, 5.41) is 13.4. The molecule has 2 heterocycles. The molecule has 4 rings (SSSR count). The van der Waals surface area contributed by atoms with Gasteiger partial charge in [-0.2, -0.15) is 5.26 Å². The molecule has 0 atom stereocenters. The van der Waals surface area contributed by atoms with Crippen molar-refractivity contribution in [2.75, 3.05) is 51.6 Å². The summed E-state index contributed by atoms with van der Waals surface area (Å²) in [6, 6.07) is 16.9. The number of para-hydroxylation sites is 1. The van der Waals surface area contributed by atoms with Crippen LogP contribution in [0.15, 0.2) is 48.5 Å². The van der Waals surface area contributed by atoms with E-state index >= 15 is 0 Å². The Bertz CT molecular complexity index is 1170. The molecule has 0 saturated carbocycles. The van der Waals surface area contributed by atoms with Gasteiger partial charge < -0.3 is 10.2 Å². The van der Waals surface area contributed by atoms with Crippen LogP contribution in [0.1, 0.15) is 28.2 Å². The molecular weight excluding hydrogens is 450 g/mol. The molecular formula is C25H28ClN7O. The van der Waals surface area contributed by atoms with Crippen LogP contribution >= 0.6 is 11.8 Å². The maximum Gasteiger partial charge on any atom is 0.253 e. The van der Waals surface area contributed by atoms with Crippen LogP contribution in [-0.4, -0.2) is 76.4 Å². The number of rotatable bonds is 8. The highest BCUT2D eigenvalue weighted by Gasteiger charge is 2.23. The SMILES string of the molecule is CN(Cl)CCCNc1nc(CN2CCN(C(=O)c3ccc(C#N)cc3)CC2)nc2ccccc12. The van der Waals surface area contributed by atoms with E-state index in [1.54, 1.807) is 28.7 Å². The van der Waals surface area contributed by atoms with Crippen molar-refractivity contribution in [1.29, 1.82) is 5.26 Å². The fraction of sp³-hybridized carbons (Fsp3) is 0.360. The second kappa shape index (κ2) is 11.3. The lowest BCUT2D eigenvalue weighted by Crippen LogP contribution is -2.48. The molecule has 0 aliphatic carbocycles. The number of anilines is 1. The third-order valence-electron chi connectivity index (χ3n) is 5.87. The molecule has 0 unspecified atom stereocenters. The summed E-state index contributed by atoms with van der Waals surface area (Å²) in [6.45, 7) is 4.98. The molecule has 8 nitrogen and oxygen atoms in total. The van der Waals surface area contributed by atoms with E-state index in [2.05, 4.69) is 16.3 Å². The van der Waals surface area contributed by atoms with Gasteiger partial charge in [-0.1, -0.05) is 12.1 Å². The first-order chi connectivity index (χ1) is 16.5. The highest BCUT2D eigenvalue weighted by molar-refractivity contribution is 6.13. The molecule has 1 fully saturated rings. The van der Waals surface area contributed by atoms with Crippen molar-refractivity contribution in [2.24, 2.45) is 0 Å². The van der Waals surface area contributed by atoms with Crippen LogP contribution in [0.3, 0.4) is 0 Å². The quantitative estimate of drug-likeness (QED) is 0.393. The number of nitrogens with one attached hydrogen (secondary N) is 1. The number of nitriles is 1. The Balaban J connectivity index is 1.38. The van der Waals surface area contributed by atoms with Crippen LogP contribution in [0.25, 0.3) is 10.9 Å². The second-order valence-electron chi connectivity index (χ2n) is 8.37. The van der Waals surface area contributed by atoms with Crippen LogP contribution < -0.4 is 5.32 Å². The molecule has 176 valence electrons. The molecule has 2 aromatic carbocycles. The van der Waals surface area contributed by atoms with E-state index in [4.69, 9.17) is 27.0 Å². The molecule has 1 aliphatic heterocycles. The Morgan fingerprint density at radius 2 is 1.85 bits per heavy atom. The third-order valence-corrected chi connectivity index (χ3v) is 6.04. The monoisotopic (exact) mass is 477 g/mol. The van der Waals surface area contributed by atoms with Crippen LogP contribution in [0.4, 0.5) is 5.82 Å². The first-order valence-corrected chi connectivity index (χ1v) is 11.8. The maximum atomic E-state index is 12.8. The predicted octanol–water partition coefficient (Wildman–Crippen LogP) is 3.35. The Morgan fingerprint density at radius 1 is 1.12 bits per heavy atom. The molecule has 1 N–H and O–H groups in total. The zero-order valence-electron chi connectivity index (χ0n) is 19.2. The number of hydrogen-bond donors (Lipinski definition) is 1. The second-order valence-corrected chi connectivity index (χ2v) is 8.95. The van der Waals surface area contributed by atoms with Crippen molar-refractivity contribution in [1.82, 2.24) is 24.2 Å². The Labute approximate surface area is 204 Å². The van der Waals surface area contributed by atoms with Gasteiger partial charge in [-0.15, -0.1) is 0 Å². The summed E-state index contributed by atoms with van der Waals surface area (Å²) >= 11 is 5.90. The fourth-order valence-electron chi connectivity index (χ4n) is 4.01. The number of hydrogen-bond acceptors (Lipinski definition) is 7.